The molecule has 0 aromatic heterocycles. The van der Waals surface area contributed by atoms with Crippen molar-refractivity contribution in [2.45, 2.75) is 44.1 Å². The molecule has 0 N–H and O–H groups in total. The molecule has 0 aromatic carbocycles. The van der Waals surface area contributed by atoms with Gasteiger partial charge in [-0.25, -0.2) is 0 Å². The summed E-state index contributed by atoms with van der Waals surface area (Å²) in [6.07, 6.45) is 14.9. The second-order valence-corrected chi connectivity index (χ2v) is 8.03. The summed E-state index contributed by atoms with van der Waals surface area (Å²) in [7, 11) is 2.58. The molecular weight excluding hydrogens is 306 g/mol. The van der Waals surface area contributed by atoms with Crippen LogP contribution in [0, 0.1) is 23.2 Å². The molecule has 0 saturated heterocycles. The molecule has 4 aliphatic carbocycles. The van der Waals surface area contributed by atoms with Crippen LogP contribution in [0.25, 0.3) is 0 Å². The first-order valence-corrected chi connectivity index (χ1v) is 8.85. The minimum Gasteiger partial charge on any atom is -0.468 e. The van der Waals surface area contributed by atoms with E-state index < -0.39 is 17.4 Å². The molecule has 0 spiro atoms. The maximum atomic E-state index is 12.2. The molecule has 0 atom stereocenters. The van der Waals surface area contributed by atoms with E-state index in [9.17, 15) is 9.59 Å². The molecule has 1 heterocycles. The summed E-state index contributed by atoms with van der Waals surface area (Å²) in [5.74, 6) is 1.31. The Labute approximate surface area is 142 Å². The Morgan fingerprint density at radius 2 is 1.29 bits per heavy atom. The number of methoxy groups -OCH3 is 2. The van der Waals surface area contributed by atoms with Crippen molar-refractivity contribution in [1.82, 2.24) is 4.90 Å². The van der Waals surface area contributed by atoms with Crippen LogP contribution in [0.15, 0.2) is 24.6 Å². The molecule has 0 amide bonds. The quantitative estimate of drug-likeness (QED) is 0.588. The zero-order valence-electron chi connectivity index (χ0n) is 14.4. The highest BCUT2D eigenvalue weighted by Gasteiger charge is 2.54. The van der Waals surface area contributed by atoms with Crippen molar-refractivity contribution in [1.29, 1.82) is 0 Å². The van der Waals surface area contributed by atoms with E-state index in [0.29, 0.717) is 0 Å². The Bertz CT molecular complexity index is 554. The van der Waals surface area contributed by atoms with Gasteiger partial charge in [0.25, 0.3) is 0 Å². The Morgan fingerprint density at radius 3 is 1.67 bits per heavy atom. The van der Waals surface area contributed by atoms with Crippen molar-refractivity contribution in [3.8, 4) is 0 Å². The van der Waals surface area contributed by atoms with Gasteiger partial charge in [-0.05, 0) is 68.4 Å². The topological polar surface area (TPSA) is 55.8 Å². The first-order valence-electron chi connectivity index (χ1n) is 8.85. The van der Waals surface area contributed by atoms with Crippen LogP contribution in [-0.2, 0) is 19.1 Å². The van der Waals surface area contributed by atoms with E-state index in [0.717, 1.165) is 17.8 Å². The number of carbonyl (C=O) groups is 2. The molecule has 0 radical (unpaired) electrons. The minimum atomic E-state index is -1.46. The summed E-state index contributed by atoms with van der Waals surface area (Å²) >= 11 is 0. The van der Waals surface area contributed by atoms with Crippen molar-refractivity contribution in [3.63, 3.8) is 0 Å². The first kappa shape index (κ1) is 15.7. The molecule has 5 nitrogen and oxygen atoms in total. The number of hydrogen-bond donors (Lipinski definition) is 0. The van der Waals surface area contributed by atoms with E-state index in [4.69, 9.17) is 9.47 Å². The van der Waals surface area contributed by atoms with Crippen molar-refractivity contribution >= 4 is 11.9 Å². The molecule has 4 saturated carbocycles. The van der Waals surface area contributed by atoms with Gasteiger partial charge >= 0.3 is 11.9 Å². The van der Waals surface area contributed by atoms with Crippen LogP contribution in [0.3, 0.4) is 0 Å². The summed E-state index contributed by atoms with van der Waals surface area (Å²) in [5.41, 5.74) is -1.29. The SMILES string of the molecule is COC(=O)C1(C(=O)OC)C=CN(C23CC4CC(CC(C4)C2)C3)C=C1. The Balaban J connectivity index is 1.61. The van der Waals surface area contributed by atoms with Crippen LogP contribution in [0.4, 0.5) is 0 Å². The molecule has 130 valence electrons. The lowest BCUT2D eigenvalue weighted by Crippen LogP contribution is -2.57. The molecule has 0 unspecified atom stereocenters. The lowest BCUT2D eigenvalue weighted by atomic mass is 9.52. The van der Waals surface area contributed by atoms with Gasteiger partial charge in [0.15, 0.2) is 0 Å². The number of hydrogen-bond acceptors (Lipinski definition) is 5. The summed E-state index contributed by atoms with van der Waals surface area (Å²) in [6.45, 7) is 0. The molecule has 5 heteroatoms. The van der Waals surface area contributed by atoms with Gasteiger partial charge in [-0.1, -0.05) is 0 Å². The van der Waals surface area contributed by atoms with Crippen LogP contribution < -0.4 is 0 Å². The number of carbonyl (C=O) groups excluding carboxylic acids is 2. The number of nitrogens with zero attached hydrogens (tertiary/aromatic N) is 1. The maximum Gasteiger partial charge on any atom is 0.331 e. The largest absolute Gasteiger partial charge is 0.468 e. The summed E-state index contributed by atoms with van der Waals surface area (Å²) in [4.78, 5) is 26.7. The Kier molecular flexibility index (Phi) is 3.52. The second kappa shape index (κ2) is 5.36. The molecule has 4 fully saturated rings. The van der Waals surface area contributed by atoms with E-state index in [-0.39, 0.29) is 5.54 Å². The van der Waals surface area contributed by atoms with Gasteiger partial charge in [0.2, 0.25) is 5.41 Å². The van der Waals surface area contributed by atoms with Crippen LogP contribution in [-0.4, -0.2) is 36.6 Å². The van der Waals surface area contributed by atoms with Gasteiger partial charge in [-0.15, -0.1) is 0 Å². The fourth-order valence-electron chi connectivity index (χ4n) is 5.89. The fourth-order valence-corrected chi connectivity index (χ4v) is 5.89. The van der Waals surface area contributed by atoms with E-state index in [1.165, 1.54) is 52.7 Å². The van der Waals surface area contributed by atoms with Gasteiger partial charge in [-0.2, -0.15) is 0 Å². The summed E-state index contributed by atoms with van der Waals surface area (Å²) in [6, 6.07) is 0. The van der Waals surface area contributed by atoms with Crippen LogP contribution in [0.1, 0.15) is 38.5 Å². The standard InChI is InChI=1S/C19H25NO4/c1-23-16(21)19(17(22)24-2)3-5-20(6-4-19)18-10-13-7-14(11-18)9-15(8-13)12-18/h3-6,13-15H,7-12H2,1-2H3. The number of rotatable bonds is 3. The lowest BCUT2D eigenvalue weighted by molar-refractivity contribution is -0.162. The monoisotopic (exact) mass is 331 g/mol. The third kappa shape index (κ3) is 2.13. The van der Waals surface area contributed by atoms with Gasteiger partial charge in [0, 0.05) is 17.9 Å². The highest BCUT2D eigenvalue weighted by molar-refractivity contribution is 6.04. The highest BCUT2D eigenvalue weighted by atomic mass is 16.5. The van der Waals surface area contributed by atoms with Crippen LogP contribution in [0.5, 0.6) is 0 Å². The zero-order chi connectivity index (χ0) is 16.9. The van der Waals surface area contributed by atoms with Gasteiger partial charge in [0.05, 0.1) is 14.2 Å². The van der Waals surface area contributed by atoms with E-state index in [1.54, 1.807) is 12.2 Å². The van der Waals surface area contributed by atoms with Crippen molar-refractivity contribution in [3.05, 3.63) is 24.6 Å². The molecule has 4 bridgehead atoms. The normalized spacial score (nSPS) is 38.2. The minimum absolute atomic E-state index is 0.167. The number of ether oxygens (including phenoxy) is 2. The lowest BCUT2D eigenvalue weighted by Gasteiger charge is -2.60. The summed E-state index contributed by atoms with van der Waals surface area (Å²) < 4.78 is 9.68. The fraction of sp³-hybridized carbons (Fsp3) is 0.684. The highest BCUT2D eigenvalue weighted by Crippen LogP contribution is 2.58. The maximum absolute atomic E-state index is 12.2. The van der Waals surface area contributed by atoms with E-state index in [2.05, 4.69) is 4.90 Å². The average Bonchev–Trinajstić information content (AvgIpc) is 2.59. The molecule has 1 aliphatic heterocycles. The van der Waals surface area contributed by atoms with Crippen molar-refractivity contribution < 1.29 is 19.1 Å². The second-order valence-electron chi connectivity index (χ2n) is 8.03. The van der Waals surface area contributed by atoms with Crippen molar-refractivity contribution in [2.24, 2.45) is 23.2 Å². The van der Waals surface area contributed by atoms with Crippen LogP contribution in [0.2, 0.25) is 0 Å². The molecular formula is C19H25NO4. The smallest absolute Gasteiger partial charge is 0.331 e. The first-order chi connectivity index (χ1) is 11.5. The van der Waals surface area contributed by atoms with Gasteiger partial charge < -0.3 is 14.4 Å². The molecule has 5 aliphatic rings. The third-order valence-electron chi connectivity index (χ3n) is 6.60. The predicted molar refractivity (Wildman–Crippen MR) is 87.5 cm³/mol. The molecule has 24 heavy (non-hydrogen) atoms. The third-order valence-corrected chi connectivity index (χ3v) is 6.60. The van der Waals surface area contributed by atoms with Crippen molar-refractivity contribution in [2.75, 3.05) is 14.2 Å². The average molecular weight is 331 g/mol. The molecule has 5 rings (SSSR count). The van der Waals surface area contributed by atoms with Crippen LogP contribution >= 0.6 is 0 Å². The van der Waals surface area contributed by atoms with E-state index in [1.807, 2.05) is 12.4 Å². The Morgan fingerprint density at radius 1 is 0.875 bits per heavy atom. The molecule has 0 aromatic rings. The zero-order valence-corrected chi connectivity index (χ0v) is 14.4. The predicted octanol–water partition coefficient (Wildman–Crippen LogP) is 2.63. The van der Waals surface area contributed by atoms with E-state index >= 15 is 0 Å². The summed E-state index contributed by atoms with van der Waals surface area (Å²) in [5, 5.41) is 0. The van der Waals surface area contributed by atoms with Gasteiger partial charge in [0.1, 0.15) is 0 Å². The number of esters is 2. The Hall–Kier alpha value is -1.78. The van der Waals surface area contributed by atoms with Gasteiger partial charge in [-0.3, -0.25) is 9.59 Å².